The standard InChI is InChI=1S/2C9H18/c2*1-8(2)9-6-4-3-5-7-9/h2*8-9H,3-7H2,1-2H3. The Labute approximate surface area is 116 Å². The summed E-state index contributed by atoms with van der Waals surface area (Å²) in [6.07, 6.45) is 14.9. The molecule has 0 atom stereocenters. The molecule has 0 N–H and O–H groups in total. The van der Waals surface area contributed by atoms with Gasteiger partial charge in [-0.1, -0.05) is 91.9 Å². The van der Waals surface area contributed by atoms with Crippen LogP contribution in [0.15, 0.2) is 0 Å². The molecule has 0 aromatic carbocycles. The molecule has 0 saturated heterocycles. The summed E-state index contributed by atoms with van der Waals surface area (Å²) in [5, 5.41) is 0. The Kier molecular flexibility index (Phi) is 8.02. The summed E-state index contributed by atoms with van der Waals surface area (Å²) in [4.78, 5) is 0. The monoisotopic (exact) mass is 252 g/mol. The highest BCUT2D eigenvalue weighted by Crippen LogP contribution is 2.29. The summed E-state index contributed by atoms with van der Waals surface area (Å²) < 4.78 is 0. The molecular weight excluding hydrogens is 216 g/mol. The van der Waals surface area contributed by atoms with Crippen LogP contribution in [0, 0.1) is 23.7 Å². The zero-order valence-corrected chi connectivity index (χ0v) is 13.4. The highest BCUT2D eigenvalue weighted by Gasteiger charge is 2.16. The van der Waals surface area contributed by atoms with Crippen molar-refractivity contribution < 1.29 is 0 Å². The fraction of sp³-hybridized carbons (Fsp3) is 1.00. The van der Waals surface area contributed by atoms with E-state index in [0.717, 1.165) is 23.7 Å². The Hall–Kier alpha value is 0. The van der Waals surface area contributed by atoms with Crippen molar-refractivity contribution in [3.05, 3.63) is 0 Å². The molecule has 18 heavy (non-hydrogen) atoms. The third kappa shape index (κ3) is 6.25. The van der Waals surface area contributed by atoms with Gasteiger partial charge in [0.25, 0.3) is 0 Å². The van der Waals surface area contributed by atoms with Gasteiger partial charge >= 0.3 is 0 Å². The molecule has 108 valence electrons. The summed E-state index contributed by atoms with van der Waals surface area (Å²) in [5.74, 6) is 3.98. The fourth-order valence-electron chi connectivity index (χ4n) is 3.60. The molecular formula is C18H36. The van der Waals surface area contributed by atoms with Gasteiger partial charge in [-0.25, -0.2) is 0 Å². The smallest absolute Gasteiger partial charge is 0.0391 e. The maximum atomic E-state index is 2.36. The quantitative estimate of drug-likeness (QED) is 0.530. The second-order valence-electron chi connectivity index (χ2n) is 7.28. The molecule has 0 bridgehead atoms. The van der Waals surface area contributed by atoms with Crippen molar-refractivity contribution >= 4 is 0 Å². The molecule has 0 radical (unpaired) electrons. The van der Waals surface area contributed by atoms with Gasteiger partial charge in [0.1, 0.15) is 0 Å². The molecule has 2 fully saturated rings. The van der Waals surface area contributed by atoms with Gasteiger partial charge in [-0.2, -0.15) is 0 Å². The van der Waals surface area contributed by atoms with E-state index in [1.807, 2.05) is 0 Å². The van der Waals surface area contributed by atoms with E-state index >= 15 is 0 Å². The Balaban J connectivity index is 0.000000180. The van der Waals surface area contributed by atoms with E-state index in [1.54, 1.807) is 0 Å². The first-order valence-electron chi connectivity index (χ1n) is 8.61. The van der Waals surface area contributed by atoms with Crippen molar-refractivity contribution in [1.29, 1.82) is 0 Å². The molecule has 0 heterocycles. The highest BCUT2D eigenvalue weighted by molar-refractivity contribution is 4.68. The minimum atomic E-state index is 0.935. The summed E-state index contributed by atoms with van der Waals surface area (Å²) in [6, 6.07) is 0. The molecule has 0 amide bonds. The lowest BCUT2D eigenvalue weighted by Crippen LogP contribution is -2.12. The first-order valence-corrected chi connectivity index (χ1v) is 8.61. The van der Waals surface area contributed by atoms with E-state index in [9.17, 15) is 0 Å². The van der Waals surface area contributed by atoms with E-state index in [2.05, 4.69) is 27.7 Å². The van der Waals surface area contributed by atoms with Crippen molar-refractivity contribution in [2.75, 3.05) is 0 Å². The minimum Gasteiger partial charge on any atom is -0.0625 e. The van der Waals surface area contributed by atoms with Gasteiger partial charge < -0.3 is 0 Å². The Morgan fingerprint density at radius 3 is 0.944 bits per heavy atom. The van der Waals surface area contributed by atoms with Crippen LogP contribution in [0.3, 0.4) is 0 Å². The van der Waals surface area contributed by atoms with Gasteiger partial charge in [0.2, 0.25) is 0 Å². The van der Waals surface area contributed by atoms with E-state index in [4.69, 9.17) is 0 Å². The predicted octanol–water partition coefficient (Wildman–Crippen LogP) is 6.45. The number of rotatable bonds is 2. The largest absolute Gasteiger partial charge is 0.0625 e. The maximum Gasteiger partial charge on any atom is -0.0391 e. The first kappa shape index (κ1) is 16.1. The maximum absolute atomic E-state index is 2.36. The van der Waals surface area contributed by atoms with E-state index in [1.165, 1.54) is 64.2 Å². The molecule has 2 saturated carbocycles. The van der Waals surface area contributed by atoms with Gasteiger partial charge in [-0.3, -0.25) is 0 Å². The van der Waals surface area contributed by atoms with Crippen molar-refractivity contribution in [1.82, 2.24) is 0 Å². The summed E-state index contributed by atoms with van der Waals surface area (Å²) >= 11 is 0. The fourth-order valence-corrected chi connectivity index (χ4v) is 3.60. The molecule has 2 aliphatic carbocycles. The van der Waals surface area contributed by atoms with Crippen molar-refractivity contribution in [2.45, 2.75) is 91.9 Å². The molecule has 0 aromatic rings. The van der Waals surface area contributed by atoms with Crippen LogP contribution in [0.4, 0.5) is 0 Å². The van der Waals surface area contributed by atoms with Crippen LogP contribution < -0.4 is 0 Å². The third-order valence-electron chi connectivity index (χ3n) is 5.19. The van der Waals surface area contributed by atoms with E-state index in [0.29, 0.717) is 0 Å². The van der Waals surface area contributed by atoms with Crippen LogP contribution in [0.2, 0.25) is 0 Å². The Bertz CT molecular complexity index is 158. The Morgan fingerprint density at radius 1 is 0.500 bits per heavy atom. The van der Waals surface area contributed by atoms with Gasteiger partial charge in [0.05, 0.1) is 0 Å². The second-order valence-corrected chi connectivity index (χ2v) is 7.28. The zero-order chi connectivity index (χ0) is 13.4. The van der Waals surface area contributed by atoms with Crippen LogP contribution in [-0.2, 0) is 0 Å². The molecule has 0 heteroatoms. The molecule has 0 spiro atoms. The lowest BCUT2D eigenvalue weighted by atomic mass is 9.82. The molecule has 0 aliphatic heterocycles. The third-order valence-corrected chi connectivity index (χ3v) is 5.19. The zero-order valence-electron chi connectivity index (χ0n) is 13.4. The molecule has 2 rings (SSSR count). The van der Waals surface area contributed by atoms with Gasteiger partial charge in [-0.05, 0) is 23.7 Å². The van der Waals surface area contributed by atoms with Gasteiger partial charge in [0, 0.05) is 0 Å². The van der Waals surface area contributed by atoms with E-state index in [-0.39, 0.29) is 0 Å². The molecule has 0 unspecified atom stereocenters. The molecule has 0 aromatic heterocycles. The van der Waals surface area contributed by atoms with Gasteiger partial charge in [-0.15, -0.1) is 0 Å². The first-order chi connectivity index (χ1) is 8.61. The van der Waals surface area contributed by atoms with Crippen molar-refractivity contribution in [3.8, 4) is 0 Å². The van der Waals surface area contributed by atoms with Crippen LogP contribution >= 0.6 is 0 Å². The summed E-state index contributed by atoms with van der Waals surface area (Å²) in [6.45, 7) is 9.43. The van der Waals surface area contributed by atoms with E-state index < -0.39 is 0 Å². The highest BCUT2D eigenvalue weighted by atomic mass is 14.2. The topological polar surface area (TPSA) is 0 Å². The van der Waals surface area contributed by atoms with Gasteiger partial charge in [0.15, 0.2) is 0 Å². The average Bonchev–Trinajstić information content (AvgIpc) is 2.41. The van der Waals surface area contributed by atoms with Crippen LogP contribution in [0.5, 0.6) is 0 Å². The minimum absolute atomic E-state index is 0.935. The lowest BCUT2D eigenvalue weighted by Gasteiger charge is -2.24. The van der Waals surface area contributed by atoms with Crippen LogP contribution in [0.25, 0.3) is 0 Å². The molecule has 0 nitrogen and oxygen atoms in total. The second kappa shape index (κ2) is 8.99. The SMILES string of the molecule is CC(C)C1CCCCC1.CC(C)C1CCCCC1. The normalized spacial score (nSPS) is 23.0. The number of hydrogen-bond donors (Lipinski definition) is 0. The van der Waals surface area contributed by atoms with Crippen LogP contribution in [0.1, 0.15) is 91.9 Å². The lowest BCUT2D eigenvalue weighted by molar-refractivity contribution is 0.279. The summed E-state index contributed by atoms with van der Waals surface area (Å²) in [5.41, 5.74) is 0. The predicted molar refractivity (Wildman–Crippen MR) is 82.8 cm³/mol. The summed E-state index contributed by atoms with van der Waals surface area (Å²) in [7, 11) is 0. The van der Waals surface area contributed by atoms with Crippen molar-refractivity contribution in [2.24, 2.45) is 23.7 Å². The molecule has 2 aliphatic rings. The van der Waals surface area contributed by atoms with Crippen LogP contribution in [-0.4, -0.2) is 0 Å². The average molecular weight is 252 g/mol. The van der Waals surface area contributed by atoms with Crippen molar-refractivity contribution in [3.63, 3.8) is 0 Å². The number of hydrogen-bond acceptors (Lipinski definition) is 0. The Morgan fingerprint density at radius 2 is 0.778 bits per heavy atom.